The molecule has 1 atom stereocenters. The fourth-order valence-electron chi connectivity index (χ4n) is 1.36. The number of carboxylic acid groups (broad SMARTS) is 1. The van der Waals surface area contributed by atoms with Crippen molar-refractivity contribution in [3.05, 3.63) is 46.1 Å². The zero-order valence-corrected chi connectivity index (χ0v) is 12.8. The van der Waals surface area contributed by atoms with Crippen LogP contribution in [0.15, 0.2) is 40.5 Å². The molecule has 0 bridgehead atoms. The molecule has 0 radical (unpaired) electrons. The number of hydrogen-bond acceptors (Lipinski definition) is 4. The summed E-state index contributed by atoms with van der Waals surface area (Å²) in [6.45, 7) is 1.77. The van der Waals surface area contributed by atoms with Crippen LogP contribution in [0, 0.1) is 11.3 Å². The molecular formula is C14H14BrN3O3. The van der Waals surface area contributed by atoms with Gasteiger partial charge in [-0.05, 0) is 24.6 Å². The summed E-state index contributed by atoms with van der Waals surface area (Å²) < 4.78 is 0.960. The lowest BCUT2D eigenvalue weighted by Gasteiger charge is -2.08. The molecule has 0 saturated heterocycles. The minimum Gasteiger partial charge on any atom is -0.480 e. The summed E-state index contributed by atoms with van der Waals surface area (Å²) >= 11 is 3.33. The Labute approximate surface area is 130 Å². The fraction of sp³-hybridized carbons (Fsp3) is 0.214. The Kier molecular flexibility index (Phi) is 6.43. The Morgan fingerprint density at radius 1 is 1.43 bits per heavy atom. The van der Waals surface area contributed by atoms with E-state index in [0.717, 1.165) is 10.0 Å². The van der Waals surface area contributed by atoms with E-state index < -0.39 is 17.9 Å². The van der Waals surface area contributed by atoms with Gasteiger partial charge in [-0.15, -0.1) is 0 Å². The highest BCUT2D eigenvalue weighted by molar-refractivity contribution is 9.10. The van der Waals surface area contributed by atoms with Crippen LogP contribution in [-0.2, 0) is 16.1 Å². The number of rotatable bonds is 6. The predicted octanol–water partition coefficient (Wildman–Crippen LogP) is 1.54. The molecule has 6 nitrogen and oxygen atoms in total. The van der Waals surface area contributed by atoms with Gasteiger partial charge in [-0.1, -0.05) is 28.1 Å². The minimum absolute atomic E-state index is 0.180. The molecule has 0 aromatic heterocycles. The van der Waals surface area contributed by atoms with Crippen LogP contribution in [0.5, 0.6) is 0 Å². The van der Waals surface area contributed by atoms with Gasteiger partial charge in [-0.25, -0.2) is 0 Å². The third-order valence-corrected chi connectivity index (χ3v) is 3.08. The number of nitriles is 1. The van der Waals surface area contributed by atoms with Crippen molar-refractivity contribution in [1.82, 2.24) is 10.6 Å². The van der Waals surface area contributed by atoms with Gasteiger partial charge in [0, 0.05) is 17.2 Å². The third-order valence-electron chi connectivity index (χ3n) is 2.55. The van der Waals surface area contributed by atoms with Gasteiger partial charge in [-0.2, -0.15) is 5.26 Å². The van der Waals surface area contributed by atoms with E-state index in [-0.39, 0.29) is 5.57 Å². The normalized spacial score (nSPS) is 12.1. The van der Waals surface area contributed by atoms with Crippen LogP contribution >= 0.6 is 15.9 Å². The monoisotopic (exact) mass is 351 g/mol. The zero-order valence-electron chi connectivity index (χ0n) is 11.3. The first-order chi connectivity index (χ1) is 9.93. The largest absolute Gasteiger partial charge is 0.480 e. The first kappa shape index (κ1) is 16.7. The van der Waals surface area contributed by atoms with Crippen LogP contribution < -0.4 is 10.6 Å². The van der Waals surface area contributed by atoms with Gasteiger partial charge < -0.3 is 15.7 Å². The Bertz CT molecular complexity index is 590. The highest BCUT2D eigenvalue weighted by Crippen LogP contribution is 2.10. The number of carboxylic acids is 1. The average Bonchev–Trinajstić information content (AvgIpc) is 2.45. The van der Waals surface area contributed by atoms with Gasteiger partial charge in [0.1, 0.15) is 17.7 Å². The number of amides is 1. The van der Waals surface area contributed by atoms with Crippen LogP contribution in [0.2, 0.25) is 0 Å². The van der Waals surface area contributed by atoms with Crippen molar-refractivity contribution < 1.29 is 14.7 Å². The molecule has 0 aliphatic carbocycles. The Balaban J connectivity index is 2.59. The van der Waals surface area contributed by atoms with E-state index in [1.807, 2.05) is 24.3 Å². The molecule has 1 rings (SSSR count). The quantitative estimate of drug-likeness (QED) is 0.532. The maximum absolute atomic E-state index is 11.7. The van der Waals surface area contributed by atoms with Gasteiger partial charge in [0.2, 0.25) is 0 Å². The van der Waals surface area contributed by atoms with E-state index in [1.54, 1.807) is 6.07 Å². The molecule has 1 aromatic rings. The Morgan fingerprint density at radius 2 is 2.05 bits per heavy atom. The Hall–Kier alpha value is -2.33. The van der Waals surface area contributed by atoms with E-state index in [9.17, 15) is 9.59 Å². The molecule has 0 aliphatic rings. The van der Waals surface area contributed by atoms with Crippen molar-refractivity contribution in [1.29, 1.82) is 5.26 Å². The van der Waals surface area contributed by atoms with Crippen molar-refractivity contribution in [2.24, 2.45) is 0 Å². The van der Waals surface area contributed by atoms with E-state index in [0.29, 0.717) is 6.54 Å². The maximum Gasteiger partial charge on any atom is 0.325 e. The smallest absolute Gasteiger partial charge is 0.325 e. The molecule has 110 valence electrons. The van der Waals surface area contributed by atoms with Crippen LogP contribution in [0.1, 0.15) is 12.5 Å². The molecule has 1 unspecified atom stereocenters. The summed E-state index contributed by atoms with van der Waals surface area (Å²) in [4.78, 5) is 22.3. The zero-order chi connectivity index (χ0) is 15.8. The van der Waals surface area contributed by atoms with Crippen LogP contribution in [0.25, 0.3) is 0 Å². The second-order valence-corrected chi connectivity index (χ2v) is 5.13. The second kappa shape index (κ2) is 8.07. The summed E-state index contributed by atoms with van der Waals surface area (Å²) in [7, 11) is 0. The first-order valence-electron chi connectivity index (χ1n) is 6.05. The molecule has 0 fully saturated rings. The van der Waals surface area contributed by atoms with Crippen molar-refractivity contribution in [3.8, 4) is 6.07 Å². The minimum atomic E-state index is -1.16. The predicted molar refractivity (Wildman–Crippen MR) is 79.9 cm³/mol. The molecule has 1 amide bonds. The molecule has 1 aromatic carbocycles. The van der Waals surface area contributed by atoms with Gasteiger partial charge in [0.25, 0.3) is 5.91 Å². The molecule has 3 N–H and O–H groups in total. The van der Waals surface area contributed by atoms with E-state index in [1.165, 1.54) is 13.1 Å². The number of carbonyl (C=O) groups excluding carboxylic acids is 1. The fourth-order valence-corrected chi connectivity index (χ4v) is 1.62. The van der Waals surface area contributed by atoms with Crippen LogP contribution in [0.3, 0.4) is 0 Å². The summed E-state index contributed by atoms with van der Waals surface area (Å²) in [5.41, 5.74) is 0.797. The third kappa shape index (κ3) is 5.67. The molecule has 0 heterocycles. The number of benzene rings is 1. The molecule has 0 aliphatic heterocycles. The highest BCUT2D eigenvalue weighted by Gasteiger charge is 2.16. The lowest BCUT2D eigenvalue weighted by Crippen LogP contribution is -2.39. The molecule has 0 spiro atoms. The molecule has 21 heavy (non-hydrogen) atoms. The molecule has 7 heteroatoms. The summed E-state index contributed by atoms with van der Waals surface area (Å²) in [5.74, 6) is -1.89. The van der Waals surface area contributed by atoms with Crippen molar-refractivity contribution >= 4 is 27.8 Å². The average molecular weight is 352 g/mol. The lowest BCUT2D eigenvalue weighted by molar-refractivity contribution is -0.140. The second-order valence-electron chi connectivity index (χ2n) is 4.21. The SMILES string of the molecule is CC(NC(=O)/C(C#N)=C\NCc1ccc(Br)cc1)C(=O)O. The number of carbonyl (C=O) groups is 2. The number of halogens is 1. The number of nitrogens with zero attached hydrogens (tertiary/aromatic N) is 1. The van der Waals surface area contributed by atoms with Crippen LogP contribution in [0.4, 0.5) is 0 Å². The molecular weight excluding hydrogens is 338 g/mol. The first-order valence-corrected chi connectivity index (χ1v) is 6.85. The molecule has 0 saturated carbocycles. The van der Waals surface area contributed by atoms with Gasteiger partial charge >= 0.3 is 5.97 Å². The van der Waals surface area contributed by atoms with Gasteiger partial charge in [0.05, 0.1) is 0 Å². The topological polar surface area (TPSA) is 102 Å². The summed E-state index contributed by atoms with van der Waals surface area (Å²) in [6.07, 6.45) is 1.27. The van der Waals surface area contributed by atoms with E-state index in [4.69, 9.17) is 10.4 Å². The van der Waals surface area contributed by atoms with E-state index in [2.05, 4.69) is 26.6 Å². The van der Waals surface area contributed by atoms with Crippen LogP contribution in [-0.4, -0.2) is 23.0 Å². The standard InChI is InChI=1S/C14H14BrN3O3/c1-9(14(20)21)18-13(19)11(6-16)8-17-7-10-2-4-12(15)5-3-10/h2-5,8-9,17H,7H2,1H3,(H,18,19)(H,20,21)/b11-8-. The van der Waals surface area contributed by atoms with Gasteiger partial charge in [0.15, 0.2) is 0 Å². The van der Waals surface area contributed by atoms with Crippen molar-refractivity contribution in [2.75, 3.05) is 0 Å². The summed E-state index contributed by atoms with van der Waals surface area (Å²) in [5, 5.41) is 22.7. The number of aliphatic carboxylic acids is 1. The number of nitrogens with one attached hydrogen (secondary N) is 2. The lowest BCUT2D eigenvalue weighted by atomic mass is 10.2. The maximum atomic E-state index is 11.7. The summed E-state index contributed by atoms with van der Waals surface area (Å²) in [6, 6.07) is 8.22. The van der Waals surface area contributed by atoms with Crippen molar-refractivity contribution in [2.45, 2.75) is 19.5 Å². The van der Waals surface area contributed by atoms with E-state index >= 15 is 0 Å². The highest BCUT2D eigenvalue weighted by atomic mass is 79.9. The van der Waals surface area contributed by atoms with Gasteiger partial charge in [-0.3, -0.25) is 9.59 Å². The Morgan fingerprint density at radius 3 is 2.57 bits per heavy atom. The van der Waals surface area contributed by atoms with Crippen molar-refractivity contribution in [3.63, 3.8) is 0 Å². The number of hydrogen-bond donors (Lipinski definition) is 3.